The molecule has 0 fully saturated rings. The molecule has 3 aromatic carbocycles. The minimum atomic E-state index is -4.08. The van der Waals surface area contributed by atoms with Gasteiger partial charge in [0.2, 0.25) is 5.91 Å². The van der Waals surface area contributed by atoms with Gasteiger partial charge in [-0.2, -0.15) is 0 Å². The molecule has 3 rings (SSSR count). The zero-order valence-corrected chi connectivity index (χ0v) is 20.6. The van der Waals surface area contributed by atoms with Crippen molar-refractivity contribution in [2.75, 3.05) is 31.6 Å². The molecule has 0 saturated heterocycles. The van der Waals surface area contributed by atoms with Gasteiger partial charge in [-0.3, -0.25) is 9.10 Å². The lowest BCUT2D eigenvalue weighted by Gasteiger charge is -2.26. The van der Waals surface area contributed by atoms with E-state index in [2.05, 4.69) is 5.32 Å². The summed E-state index contributed by atoms with van der Waals surface area (Å²) in [7, 11) is -1.14. The summed E-state index contributed by atoms with van der Waals surface area (Å²) in [5.41, 5.74) is 2.23. The largest absolute Gasteiger partial charge is 0.497 e. The van der Waals surface area contributed by atoms with Crippen LogP contribution in [-0.2, 0) is 14.8 Å². The number of methoxy groups -OCH3 is 2. The van der Waals surface area contributed by atoms with E-state index in [0.717, 1.165) is 15.4 Å². The zero-order valence-electron chi connectivity index (χ0n) is 19.8. The molecule has 180 valence electrons. The van der Waals surface area contributed by atoms with Crippen molar-refractivity contribution < 1.29 is 22.7 Å². The first-order valence-electron chi connectivity index (χ1n) is 10.9. The van der Waals surface area contributed by atoms with Gasteiger partial charge in [-0.25, -0.2) is 8.42 Å². The number of hydrogen-bond acceptors (Lipinski definition) is 5. The molecule has 1 amide bonds. The van der Waals surface area contributed by atoms with Gasteiger partial charge in [0, 0.05) is 12.6 Å². The van der Waals surface area contributed by atoms with Crippen molar-refractivity contribution in [1.29, 1.82) is 0 Å². The first kappa shape index (κ1) is 25.1. The van der Waals surface area contributed by atoms with Crippen molar-refractivity contribution in [3.63, 3.8) is 0 Å². The Morgan fingerprint density at radius 2 is 1.65 bits per heavy atom. The molecule has 0 aliphatic rings. The Morgan fingerprint density at radius 1 is 0.971 bits per heavy atom. The highest BCUT2D eigenvalue weighted by Crippen LogP contribution is 2.35. The van der Waals surface area contributed by atoms with Crippen LogP contribution >= 0.6 is 0 Å². The number of benzene rings is 3. The quantitative estimate of drug-likeness (QED) is 0.470. The minimum Gasteiger partial charge on any atom is -0.497 e. The minimum absolute atomic E-state index is 0.0682. The summed E-state index contributed by atoms with van der Waals surface area (Å²) in [5, 5.41) is 2.86. The maximum absolute atomic E-state index is 13.7. The SMILES string of the molecule is COc1ccc(OC)c(N(CC(=O)NCC(C)c2ccccc2)S(=O)(=O)c2ccc(C)cc2)c1. The van der Waals surface area contributed by atoms with Crippen LogP contribution in [0.15, 0.2) is 77.7 Å². The van der Waals surface area contributed by atoms with E-state index in [1.165, 1.54) is 26.4 Å². The topological polar surface area (TPSA) is 84.9 Å². The molecular weight excluding hydrogens is 452 g/mol. The molecule has 0 bridgehead atoms. The van der Waals surface area contributed by atoms with Gasteiger partial charge in [0.25, 0.3) is 10.0 Å². The average Bonchev–Trinajstić information content (AvgIpc) is 2.86. The fraction of sp³-hybridized carbons (Fsp3) is 0.269. The summed E-state index contributed by atoms with van der Waals surface area (Å²) in [6.07, 6.45) is 0. The fourth-order valence-corrected chi connectivity index (χ4v) is 4.90. The van der Waals surface area contributed by atoms with Gasteiger partial charge in [0.15, 0.2) is 0 Å². The van der Waals surface area contributed by atoms with E-state index in [1.54, 1.807) is 30.3 Å². The van der Waals surface area contributed by atoms with Crippen molar-refractivity contribution in [3.8, 4) is 11.5 Å². The van der Waals surface area contributed by atoms with Gasteiger partial charge >= 0.3 is 0 Å². The van der Waals surface area contributed by atoms with Gasteiger partial charge in [-0.05, 0) is 42.7 Å². The molecule has 1 unspecified atom stereocenters. The van der Waals surface area contributed by atoms with E-state index in [9.17, 15) is 13.2 Å². The number of sulfonamides is 1. The second kappa shape index (κ2) is 11.1. The highest BCUT2D eigenvalue weighted by Gasteiger charge is 2.30. The van der Waals surface area contributed by atoms with Crippen LogP contribution in [0.2, 0.25) is 0 Å². The van der Waals surface area contributed by atoms with Crippen molar-refractivity contribution in [2.45, 2.75) is 24.7 Å². The predicted octanol–water partition coefficient (Wildman–Crippen LogP) is 4.13. The molecular formula is C26H30N2O5S. The summed E-state index contributed by atoms with van der Waals surface area (Å²) < 4.78 is 39.1. The second-order valence-corrected chi connectivity index (χ2v) is 9.84. The molecule has 7 nitrogen and oxygen atoms in total. The number of rotatable bonds is 10. The number of aryl methyl sites for hydroxylation is 1. The monoisotopic (exact) mass is 482 g/mol. The lowest BCUT2D eigenvalue weighted by Crippen LogP contribution is -2.42. The Bertz CT molecular complexity index is 1210. The van der Waals surface area contributed by atoms with Crippen molar-refractivity contribution in [1.82, 2.24) is 5.32 Å². The van der Waals surface area contributed by atoms with Crippen LogP contribution in [0.25, 0.3) is 0 Å². The lowest BCUT2D eigenvalue weighted by atomic mass is 10.0. The lowest BCUT2D eigenvalue weighted by molar-refractivity contribution is -0.119. The van der Waals surface area contributed by atoms with E-state index >= 15 is 0 Å². The van der Waals surface area contributed by atoms with Crippen LogP contribution in [0.1, 0.15) is 24.0 Å². The fourth-order valence-electron chi connectivity index (χ4n) is 3.48. The molecule has 0 aliphatic heterocycles. The number of ether oxygens (including phenoxy) is 2. The van der Waals surface area contributed by atoms with Crippen LogP contribution in [-0.4, -0.2) is 41.6 Å². The van der Waals surface area contributed by atoms with E-state index in [0.29, 0.717) is 18.0 Å². The van der Waals surface area contributed by atoms with Crippen molar-refractivity contribution >= 4 is 21.6 Å². The van der Waals surface area contributed by atoms with E-state index < -0.39 is 22.5 Å². The Labute approximate surface area is 201 Å². The molecule has 0 radical (unpaired) electrons. The summed E-state index contributed by atoms with van der Waals surface area (Å²) in [6.45, 7) is 3.83. The van der Waals surface area contributed by atoms with E-state index in [4.69, 9.17) is 9.47 Å². The third-order valence-corrected chi connectivity index (χ3v) is 7.30. The third kappa shape index (κ3) is 5.88. The molecule has 0 aliphatic carbocycles. The molecule has 0 spiro atoms. The number of hydrogen-bond donors (Lipinski definition) is 1. The molecule has 0 heterocycles. The summed E-state index contributed by atoms with van der Waals surface area (Å²) in [6, 6.07) is 21.1. The van der Waals surface area contributed by atoms with Gasteiger partial charge in [-0.15, -0.1) is 0 Å². The Morgan fingerprint density at radius 3 is 2.26 bits per heavy atom. The normalized spacial score (nSPS) is 12.0. The van der Waals surface area contributed by atoms with Crippen molar-refractivity contribution in [3.05, 3.63) is 83.9 Å². The van der Waals surface area contributed by atoms with Crippen molar-refractivity contribution in [2.24, 2.45) is 0 Å². The molecule has 1 atom stereocenters. The maximum atomic E-state index is 13.7. The molecule has 0 saturated carbocycles. The standard InChI is InChI=1S/C26H30N2O5S/c1-19-10-13-23(14-11-19)34(30,31)28(24-16-22(32-3)12-15-25(24)33-4)18-26(29)27-17-20(2)21-8-6-5-7-9-21/h5-16,20H,17-18H2,1-4H3,(H,27,29). The van der Waals surface area contributed by atoms with Crippen LogP contribution in [0.5, 0.6) is 11.5 Å². The molecule has 3 aromatic rings. The van der Waals surface area contributed by atoms with Gasteiger partial charge in [0.05, 0.1) is 24.8 Å². The van der Waals surface area contributed by atoms with E-state index in [-0.39, 0.29) is 16.5 Å². The Hall–Kier alpha value is -3.52. The highest BCUT2D eigenvalue weighted by atomic mass is 32.2. The predicted molar refractivity (Wildman–Crippen MR) is 133 cm³/mol. The van der Waals surface area contributed by atoms with Gasteiger partial charge in [-0.1, -0.05) is 55.0 Å². The first-order valence-corrected chi connectivity index (χ1v) is 12.3. The second-order valence-electron chi connectivity index (χ2n) is 7.98. The smallest absolute Gasteiger partial charge is 0.264 e. The number of carbonyl (C=O) groups excluding carboxylic acids is 1. The maximum Gasteiger partial charge on any atom is 0.264 e. The van der Waals surface area contributed by atoms with E-state index in [1.807, 2.05) is 44.2 Å². The van der Waals surface area contributed by atoms with Gasteiger partial charge in [0.1, 0.15) is 18.0 Å². The molecule has 0 aromatic heterocycles. The number of amides is 1. The highest BCUT2D eigenvalue weighted by molar-refractivity contribution is 7.92. The van der Waals surface area contributed by atoms with Crippen LogP contribution in [0, 0.1) is 6.92 Å². The zero-order chi connectivity index (χ0) is 24.7. The summed E-state index contributed by atoms with van der Waals surface area (Å²) in [4.78, 5) is 13.0. The van der Waals surface area contributed by atoms with Crippen LogP contribution in [0.3, 0.4) is 0 Å². The van der Waals surface area contributed by atoms with Crippen LogP contribution < -0.4 is 19.1 Å². The first-order chi connectivity index (χ1) is 16.3. The Kier molecular flexibility index (Phi) is 8.17. The summed E-state index contributed by atoms with van der Waals surface area (Å²) >= 11 is 0. The van der Waals surface area contributed by atoms with Crippen LogP contribution in [0.4, 0.5) is 5.69 Å². The number of nitrogens with zero attached hydrogens (tertiary/aromatic N) is 1. The van der Waals surface area contributed by atoms with Gasteiger partial charge < -0.3 is 14.8 Å². The molecule has 1 N–H and O–H groups in total. The Balaban J connectivity index is 1.92. The number of carbonyl (C=O) groups is 1. The number of nitrogens with one attached hydrogen (secondary N) is 1. The summed E-state index contributed by atoms with van der Waals surface area (Å²) in [5.74, 6) is 0.391. The average molecular weight is 483 g/mol. The molecule has 34 heavy (non-hydrogen) atoms. The third-order valence-electron chi connectivity index (χ3n) is 5.52. The molecule has 8 heteroatoms. The number of anilines is 1.